The van der Waals surface area contributed by atoms with E-state index < -0.39 is 23.8 Å². The van der Waals surface area contributed by atoms with Crippen LogP contribution in [0.5, 0.6) is 0 Å². The van der Waals surface area contributed by atoms with Gasteiger partial charge in [-0.05, 0) is 30.5 Å². The molecule has 1 aliphatic carbocycles. The first kappa shape index (κ1) is 16.5. The zero-order valence-corrected chi connectivity index (χ0v) is 12.6. The number of carbonyl (C=O) groups is 1. The van der Waals surface area contributed by atoms with Gasteiger partial charge in [0.25, 0.3) is 5.91 Å². The lowest BCUT2D eigenvalue weighted by atomic mass is 10.0. The summed E-state index contributed by atoms with van der Waals surface area (Å²) in [4.78, 5) is 12.0. The molecular formula is C16H16F3N3O2. The third kappa shape index (κ3) is 3.59. The van der Waals surface area contributed by atoms with Gasteiger partial charge in [0.15, 0.2) is 0 Å². The molecule has 0 spiro atoms. The number of aliphatic hydroxyl groups is 1. The molecule has 1 heterocycles. The molecule has 0 radical (unpaired) electrons. The Bertz CT molecular complexity index is 738. The summed E-state index contributed by atoms with van der Waals surface area (Å²) in [5.74, 6) is -0.134. The highest BCUT2D eigenvalue weighted by molar-refractivity contribution is 5.92. The zero-order valence-electron chi connectivity index (χ0n) is 12.6. The molecule has 0 bridgehead atoms. The molecule has 1 aromatic carbocycles. The zero-order chi connectivity index (χ0) is 17.3. The Kier molecular flexibility index (Phi) is 4.31. The van der Waals surface area contributed by atoms with Gasteiger partial charge >= 0.3 is 6.18 Å². The predicted octanol–water partition coefficient (Wildman–Crippen LogP) is 2.77. The first-order valence-corrected chi connectivity index (χ1v) is 7.54. The molecule has 0 aliphatic heterocycles. The van der Waals surface area contributed by atoms with Gasteiger partial charge in [-0.3, -0.25) is 9.89 Å². The van der Waals surface area contributed by atoms with Gasteiger partial charge in [0.2, 0.25) is 0 Å². The molecule has 2 aromatic rings. The summed E-state index contributed by atoms with van der Waals surface area (Å²) in [6, 6.07) is 6.38. The van der Waals surface area contributed by atoms with Crippen molar-refractivity contribution in [2.75, 3.05) is 6.54 Å². The number of H-pyrrole nitrogens is 1. The first-order valence-electron chi connectivity index (χ1n) is 7.54. The summed E-state index contributed by atoms with van der Waals surface area (Å²) in [6.07, 6.45) is -3.93. The van der Waals surface area contributed by atoms with Gasteiger partial charge in [0.1, 0.15) is 5.69 Å². The Morgan fingerprint density at radius 3 is 2.75 bits per heavy atom. The molecule has 5 nitrogen and oxygen atoms in total. The van der Waals surface area contributed by atoms with Crippen LogP contribution in [-0.2, 0) is 6.18 Å². The second kappa shape index (κ2) is 6.27. The van der Waals surface area contributed by atoms with Gasteiger partial charge in [-0.25, -0.2) is 0 Å². The topological polar surface area (TPSA) is 78.0 Å². The minimum absolute atomic E-state index is 0.160. The van der Waals surface area contributed by atoms with Crippen molar-refractivity contribution < 1.29 is 23.1 Å². The smallest absolute Gasteiger partial charge is 0.387 e. The monoisotopic (exact) mass is 339 g/mol. The lowest BCUT2D eigenvalue weighted by Gasteiger charge is -2.17. The lowest BCUT2D eigenvalue weighted by Crippen LogP contribution is -2.29. The fraction of sp³-hybridized carbons (Fsp3) is 0.375. The van der Waals surface area contributed by atoms with Crippen LogP contribution >= 0.6 is 0 Å². The van der Waals surface area contributed by atoms with Crippen LogP contribution in [0.4, 0.5) is 13.2 Å². The third-order valence-electron chi connectivity index (χ3n) is 3.93. The van der Waals surface area contributed by atoms with Crippen molar-refractivity contribution in [1.29, 1.82) is 0 Å². The third-order valence-corrected chi connectivity index (χ3v) is 3.93. The fourth-order valence-corrected chi connectivity index (χ4v) is 2.49. The number of halogens is 3. The molecule has 1 amide bonds. The van der Waals surface area contributed by atoms with E-state index in [1.54, 1.807) is 6.07 Å². The van der Waals surface area contributed by atoms with Crippen LogP contribution in [0.2, 0.25) is 0 Å². The average Bonchev–Trinajstić information content (AvgIpc) is 3.28. The highest BCUT2D eigenvalue weighted by Gasteiger charge is 2.34. The van der Waals surface area contributed by atoms with Gasteiger partial charge in [0.05, 0.1) is 11.7 Å². The standard InChI is InChI=1S/C16H16F3N3O2/c17-16(18,19)11-4-2-1-3-10(11)14(23)8-20-15(24)13-7-12(21-22-13)9-5-6-9/h1-4,7,9,14,23H,5-6,8H2,(H,20,24)(H,21,22)/t14-/m0/s1. The number of alkyl halides is 3. The van der Waals surface area contributed by atoms with Crippen molar-refractivity contribution in [3.05, 3.63) is 52.8 Å². The van der Waals surface area contributed by atoms with E-state index in [1.165, 1.54) is 18.2 Å². The normalized spacial score (nSPS) is 16.0. The largest absolute Gasteiger partial charge is 0.416 e. The molecule has 1 saturated carbocycles. The number of nitrogens with one attached hydrogen (secondary N) is 2. The SMILES string of the molecule is O=C(NC[C@H](O)c1ccccc1C(F)(F)F)c1cc(C2CC2)[nH]n1. The Labute approximate surface area is 135 Å². The van der Waals surface area contributed by atoms with Crippen molar-refractivity contribution in [3.8, 4) is 0 Å². The molecule has 1 aromatic heterocycles. The number of nitrogens with zero attached hydrogens (tertiary/aromatic N) is 1. The summed E-state index contributed by atoms with van der Waals surface area (Å²) in [7, 11) is 0. The quantitative estimate of drug-likeness (QED) is 0.784. The maximum absolute atomic E-state index is 12.9. The van der Waals surface area contributed by atoms with Crippen molar-refractivity contribution in [2.24, 2.45) is 0 Å². The lowest BCUT2D eigenvalue weighted by molar-refractivity contribution is -0.139. The Hall–Kier alpha value is -2.35. The van der Waals surface area contributed by atoms with E-state index in [4.69, 9.17) is 0 Å². The van der Waals surface area contributed by atoms with E-state index in [2.05, 4.69) is 15.5 Å². The first-order chi connectivity index (χ1) is 11.4. The average molecular weight is 339 g/mol. The molecule has 24 heavy (non-hydrogen) atoms. The number of amides is 1. The summed E-state index contributed by atoms with van der Waals surface area (Å²) in [5, 5.41) is 19.1. The van der Waals surface area contributed by atoms with Crippen LogP contribution in [0.15, 0.2) is 30.3 Å². The van der Waals surface area contributed by atoms with Crippen LogP contribution in [0.3, 0.4) is 0 Å². The van der Waals surface area contributed by atoms with Crippen LogP contribution in [0.1, 0.15) is 52.2 Å². The second-order valence-corrected chi connectivity index (χ2v) is 5.79. The summed E-state index contributed by atoms with van der Waals surface area (Å²) < 4.78 is 38.8. The molecule has 1 aliphatic rings. The van der Waals surface area contributed by atoms with Crippen LogP contribution in [0, 0.1) is 0 Å². The molecule has 1 atom stereocenters. The Balaban J connectivity index is 1.64. The number of carbonyl (C=O) groups excluding carboxylic acids is 1. The number of aromatic amines is 1. The molecular weight excluding hydrogens is 323 g/mol. The van der Waals surface area contributed by atoms with E-state index in [0.29, 0.717) is 5.92 Å². The number of aliphatic hydroxyl groups excluding tert-OH is 1. The van der Waals surface area contributed by atoms with Crippen LogP contribution in [0.25, 0.3) is 0 Å². The minimum Gasteiger partial charge on any atom is -0.387 e. The number of aromatic nitrogens is 2. The van der Waals surface area contributed by atoms with Crippen molar-refractivity contribution >= 4 is 5.91 Å². The number of benzene rings is 1. The Morgan fingerprint density at radius 2 is 2.08 bits per heavy atom. The van der Waals surface area contributed by atoms with E-state index in [0.717, 1.165) is 24.6 Å². The molecule has 3 N–H and O–H groups in total. The second-order valence-electron chi connectivity index (χ2n) is 5.79. The molecule has 128 valence electrons. The molecule has 8 heteroatoms. The van der Waals surface area contributed by atoms with E-state index in [-0.39, 0.29) is 17.8 Å². The van der Waals surface area contributed by atoms with Crippen molar-refractivity contribution in [1.82, 2.24) is 15.5 Å². The fourth-order valence-electron chi connectivity index (χ4n) is 2.49. The van der Waals surface area contributed by atoms with E-state index in [1.807, 2.05) is 0 Å². The molecule has 0 unspecified atom stereocenters. The summed E-state index contributed by atoms with van der Waals surface area (Å²) in [6.45, 7) is -0.336. The summed E-state index contributed by atoms with van der Waals surface area (Å²) in [5.41, 5.74) is -0.148. The van der Waals surface area contributed by atoms with Gasteiger partial charge < -0.3 is 10.4 Å². The Morgan fingerprint density at radius 1 is 1.38 bits per heavy atom. The van der Waals surface area contributed by atoms with Crippen molar-refractivity contribution in [2.45, 2.75) is 31.0 Å². The number of hydrogen-bond acceptors (Lipinski definition) is 3. The maximum atomic E-state index is 12.9. The maximum Gasteiger partial charge on any atom is 0.416 e. The van der Waals surface area contributed by atoms with Crippen LogP contribution in [-0.4, -0.2) is 27.8 Å². The predicted molar refractivity (Wildman–Crippen MR) is 79.3 cm³/mol. The molecule has 1 fully saturated rings. The molecule has 3 rings (SSSR count). The van der Waals surface area contributed by atoms with E-state index in [9.17, 15) is 23.1 Å². The van der Waals surface area contributed by atoms with Gasteiger partial charge in [0, 0.05) is 18.2 Å². The number of rotatable bonds is 5. The highest BCUT2D eigenvalue weighted by atomic mass is 19.4. The van der Waals surface area contributed by atoms with Crippen LogP contribution < -0.4 is 5.32 Å². The van der Waals surface area contributed by atoms with Gasteiger partial charge in [-0.2, -0.15) is 18.3 Å². The van der Waals surface area contributed by atoms with E-state index >= 15 is 0 Å². The minimum atomic E-state index is -4.57. The van der Waals surface area contributed by atoms with Crippen molar-refractivity contribution in [3.63, 3.8) is 0 Å². The molecule has 0 saturated heterocycles. The highest BCUT2D eigenvalue weighted by Crippen LogP contribution is 2.39. The van der Waals surface area contributed by atoms with Gasteiger partial charge in [-0.15, -0.1) is 0 Å². The van der Waals surface area contributed by atoms with Gasteiger partial charge in [-0.1, -0.05) is 18.2 Å². The summed E-state index contributed by atoms with van der Waals surface area (Å²) >= 11 is 0. The number of hydrogen-bond donors (Lipinski definition) is 3.